The van der Waals surface area contributed by atoms with Crippen LogP contribution in [0.3, 0.4) is 0 Å². The minimum Gasteiger partial charge on any atom is -0.253 e. The number of nitrogens with zero attached hydrogens (tertiary/aromatic N) is 1. The van der Waals surface area contributed by atoms with Gasteiger partial charge in [-0.25, -0.2) is 0 Å². The van der Waals surface area contributed by atoms with Crippen LogP contribution in [0.2, 0.25) is 5.02 Å². The molecule has 78 valence electrons. The average molecular weight is 258 g/mol. The molecule has 2 aromatic rings. The largest absolute Gasteiger partial charge is 0.253 e. The normalized spacial score (nSPS) is 12.7. The summed E-state index contributed by atoms with van der Waals surface area (Å²) >= 11 is 13.7. The van der Waals surface area contributed by atoms with Crippen molar-refractivity contribution in [3.05, 3.63) is 51.4 Å². The van der Waals surface area contributed by atoms with Gasteiger partial charge in [-0.2, -0.15) is 0 Å². The molecule has 0 aliphatic carbocycles. The molecule has 0 amide bonds. The summed E-state index contributed by atoms with van der Waals surface area (Å²) in [4.78, 5) is 5.10. The van der Waals surface area contributed by atoms with Gasteiger partial charge in [0.25, 0.3) is 0 Å². The molecular formula is C11H9Cl2NS. The van der Waals surface area contributed by atoms with E-state index in [1.807, 2.05) is 30.5 Å². The third-order valence-corrected chi connectivity index (χ3v) is 3.71. The number of alkyl halides is 1. The first-order chi connectivity index (χ1) is 7.25. The van der Waals surface area contributed by atoms with E-state index < -0.39 is 0 Å². The number of hydrogen-bond acceptors (Lipinski definition) is 2. The van der Waals surface area contributed by atoms with Crippen LogP contribution in [-0.2, 0) is 6.42 Å². The van der Waals surface area contributed by atoms with Crippen LogP contribution in [0.1, 0.15) is 15.8 Å². The average Bonchev–Trinajstić information content (AvgIpc) is 2.70. The first-order valence-electron chi connectivity index (χ1n) is 4.52. The lowest BCUT2D eigenvalue weighted by molar-refractivity contribution is 0.936. The second kappa shape index (κ2) is 4.97. The molecule has 1 nitrogen and oxygen atoms in total. The van der Waals surface area contributed by atoms with E-state index in [9.17, 15) is 0 Å². The van der Waals surface area contributed by atoms with Gasteiger partial charge in [-0.05, 0) is 24.1 Å². The zero-order valence-corrected chi connectivity index (χ0v) is 10.2. The Morgan fingerprint density at radius 2 is 2.27 bits per heavy atom. The quantitative estimate of drug-likeness (QED) is 0.747. The molecule has 1 heterocycles. The lowest BCUT2D eigenvalue weighted by atomic mass is 10.1. The van der Waals surface area contributed by atoms with Crippen LogP contribution in [0.15, 0.2) is 36.0 Å². The minimum absolute atomic E-state index is 0.0176. The van der Waals surface area contributed by atoms with Crippen molar-refractivity contribution in [2.75, 3.05) is 0 Å². The summed E-state index contributed by atoms with van der Waals surface area (Å²) in [5, 5.41) is 0.733. The molecule has 1 atom stereocenters. The van der Waals surface area contributed by atoms with E-state index in [0.717, 1.165) is 21.9 Å². The summed E-state index contributed by atoms with van der Waals surface area (Å²) < 4.78 is 0. The van der Waals surface area contributed by atoms with Crippen molar-refractivity contribution < 1.29 is 0 Å². The van der Waals surface area contributed by atoms with E-state index in [0.29, 0.717) is 0 Å². The molecule has 4 heteroatoms. The smallest absolute Gasteiger partial charge is 0.0794 e. The predicted octanol–water partition coefficient (Wildman–Crippen LogP) is 4.32. The van der Waals surface area contributed by atoms with E-state index in [-0.39, 0.29) is 5.38 Å². The van der Waals surface area contributed by atoms with E-state index >= 15 is 0 Å². The standard InChI is InChI=1S/C11H9Cl2NS/c12-9-3-1-2-8(4-9)5-10(13)11-6-14-7-15-11/h1-4,6-7,10H,5H2. The highest BCUT2D eigenvalue weighted by Crippen LogP contribution is 2.28. The maximum Gasteiger partial charge on any atom is 0.0794 e. The fourth-order valence-electron chi connectivity index (χ4n) is 1.35. The predicted molar refractivity (Wildman–Crippen MR) is 65.9 cm³/mol. The van der Waals surface area contributed by atoms with E-state index in [1.165, 1.54) is 0 Å². The van der Waals surface area contributed by atoms with Crippen LogP contribution in [0.5, 0.6) is 0 Å². The molecular weight excluding hydrogens is 249 g/mol. The first-order valence-corrected chi connectivity index (χ1v) is 6.22. The maximum absolute atomic E-state index is 6.26. The number of aromatic nitrogens is 1. The summed E-state index contributed by atoms with van der Waals surface area (Å²) in [6, 6.07) is 7.77. The number of thiazole rings is 1. The van der Waals surface area contributed by atoms with Crippen molar-refractivity contribution in [1.29, 1.82) is 0 Å². The van der Waals surface area contributed by atoms with E-state index in [1.54, 1.807) is 16.8 Å². The van der Waals surface area contributed by atoms with Crippen molar-refractivity contribution in [3.8, 4) is 0 Å². The maximum atomic E-state index is 6.26. The van der Waals surface area contributed by atoms with Gasteiger partial charge in [0.15, 0.2) is 0 Å². The summed E-state index contributed by atoms with van der Waals surface area (Å²) in [5.74, 6) is 0. The molecule has 15 heavy (non-hydrogen) atoms. The Morgan fingerprint density at radius 1 is 1.40 bits per heavy atom. The van der Waals surface area contributed by atoms with Crippen LogP contribution >= 0.6 is 34.5 Å². The molecule has 1 aromatic heterocycles. The highest BCUT2D eigenvalue weighted by atomic mass is 35.5. The molecule has 0 fully saturated rings. The summed E-state index contributed by atoms with van der Waals surface area (Å²) in [5.41, 5.74) is 2.94. The van der Waals surface area contributed by atoms with Crippen molar-refractivity contribution >= 4 is 34.5 Å². The Hall–Kier alpha value is -0.570. The topological polar surface area (TPSA) is 12.9 Å². The van der Waals surface area contributed by atoms with Gasteiger partial charge in [-0.3, -0.25) is 4.98 Å². The van der Waals surface area contributed by atoms with Crippen LogP contribution < -0.4 is 0 Å². The molecule has 1 aromatic carbocycles. The lowest BCUT2D eigenvalue weighted by Gasteiger charge is -2.06. The van der Waals surface area contributed by atoms with E-state index in [2.05, 4.69) is 4.98 Å². The summed E-state index contributed by atoms with van der Waals surface area (Å²) in [6.45, 7) is 0. The lowest BCUT2D eigenvalue weighted by Crippen LogP contribution is -1.93. The number of rotatable bonds is 3. The Bertz CT molecular complexity index is 428. The number of halogens is 2. The Balaban J connectivity index is 2.09. The van der Waals surface area contributed by atoms with Gasteiger partial charge in [0.1, 0.15) is 0 Å². The fourth-order valence-corrected chi connectivity index (χ4v) is 2.55. The SMILES string of the molecule is Clc1cccc(CC(Cl)c2cncs2)c1. The van der Waals surface area contributed by atoms with Crippen LogP contribution in [-0.4, -0.2) is 4.98 Å². The van der Waals surface area contributed by atoms with Gasteiger partial charge in [0.05, 0.1) is 10.9 Å². The van der Waals surface area contributed by atoms with Gasteiger partial charge < -0.3 is 0 Å². The van der Waals surface area contributed by atoms with E-state index in [4.69, 9.17) is 23.2 Å². The van der Waals surface area contributed by atoms with Crippen LogP contribution in [0, 0.1) is 0 Å². The molecule has 2 rings (SSSR count). The van der Waals surface area contributed by atoms with Gasteiger partial charge >= 0.3 is 0 Å². The fraction of sp³-hybridized carbons (Fsp3) is 0.182. The van der Waals surface area contributed by atoms with Gasteiger partial charge in [-0.15, -0.1) is 22.9 Å². The minimum atomic E-state index is -0.0176. The molecule has 1 unspecified atom stereocenters. The Morgan fingerprint density at radius 3 is 2.93 bits per heavy atom. The highest BCUT2D eigenvalue weighted by Gasteiger charge is 2.10. The van der Waals surface area contributed by atoms with Crippen LogP contribution in [0.25, 0.3) is 0 Å². The second-order valence-corrected chi connectivity index (χ2v) is 5.09. The molecule has 0 radical (unpaired) electrons. The van der Waals surface area contributed by atoms with Crippen molar-refractivity contribution in [2.45, 2.75) is 11.8 Å². The third-order valence-electron chi connectivity index (χ3n) is 2.06. The molecule has 0 saturated heterocycles. The second-order valence-electron chi connectivity index (χ2n) is 3.21. The van der Waals surface area contributed by atoms with Crippen molar-refractivity contribution in [2.24, 2.45) is 0 Å². The highest BCUT2D eigenvalue weighted by molar-refractivity contribution is 7.09. The van der Waals surface area contributed by atoms with Gasteiger partial charge in [0.2, 0.25) is 0 Å². The Kier molecular flexibility index (Phi) is 3.62. The third kappa shape index (κ3) is 2.94. The zero-order valence-electron chi connectivity index (χ0n) is 7.86. The monoisotopic (exact) mass is 257 g/mol. The molecule has 0 aliphatic rings. The molecule has 0 bridgehead atoms. The number of hydrogen-bond donors (Lipinski definition) is 0. The molecule has 0 N–H and O–H groups in total. The number of benzene rings is 1. The molecule has 0 aliphatic heterocycles. The first kappa shape index (κ1) is 10.9. The Labute approximate surface area is 103 Å². The van der Waals surface area contributed by atoms with Crippen molar-refractivity contribution in [3.63, 3.8) is 0 Å². The summed E-state index contributed by atoms with van der Waals surface area (Å²) in [6.07, 6.45) is 2.59. The van der Waals surface area contributed by atoms with Gasteiger partial charge in [-0.1, -0.05) is 23.7 Å². The molecule has 0 saturated carbocycles. The van der Waals surface area contributed by atoms with Gasteiger partial charge in [0, 0.05) is 16.1 Å². The van der Waals surface area contributed by atoms with Crippen molar-refractivity contribution in [1.82, 2.24) is 4.98 Å². The molecule has 0 spiro atoms. The van der Waals surface area contributed by atoms with Crippen LogP contribution in [0.4, 0.5) is 0 Å². The zero-order chi connectivity index (χ0) is 10.7. The summed E-state index contributed by atoms with van der Waals surface area (Å²) in [7, 11) is 0.